The maximum atomic E-state index is 13.1. The number of thiophene rings is 1. The second-order valence-electron chi connectivity index (χ2n) is 15.4. The fraction of sp³-hybridized carbons (Fsp3) is 0.256. The smallest absolute Gasteiger partial charge is 0.197 e. The van der Waals surface area contributed by atoms with Gasteiger partial charge in [0.05, 0.1) is 5.57 Å². The molecule has 1 heterocycles. The van der Waals surface area contributed by atoms with Crippen LogP contribution in [0.15, 0.2) is 103 Å². The third kappa shape index (κ3) is 5.20. The van der Waals surface area contributed by atoms with Crippen LogP contribution in [0.1, 0.15) is 103 Å². The van der Waals surface area contributed by atoms with Gasteiger partial charge in [0.1, 0.15) is 0 Å². The van der Waals surface area contributed by atoms with E-state index < -0.39 is 0 Å². The van der Waals surface area contributed by atoms with Gasteiger partial charge in [0.2, 0.25) is 0 Å². The number of hydrogen-bond acceptors (Lipinski definition) is 4. The van der Waals surface area contributed by atoms with Gasteiger partial charge >= 0.3 is 0 Å². The maximum Gasteiger partial charge on any atom is 0.197 e. The topological polar surface area (TPSA) is 37.4 Å². The van der Waals surface area contributed by atoms with Crippen LogP contribution in [0.5, 0.6) is 0 Å². The number of benzene rings is 4. The molecule has 47 heavy (non-hydrogen) atoms. The Bertz CT molecular complexity index is 2050. The standard InChI is InChI=1S/C43H41NO2S/c1-41(2,3)26-20-27(42(4,5)6)22-30(21-26)44(28-14-10-9-11-15-28)29-18-19-34-36(23-29)43(7,8)37-25-31(47-40(34)37)24-35-38(45)32-16-12-13-17-33(32)39(35)46/h9-25H,1-8H3. The molecular formula is C43H41NO2S. The highest BCUT2D eigenvalue weighted by Crippen LogP contribution is 2.54. The van der Waals surface area contributed by atoms with E-state index in [0.717, 1.165) is 21.9 Å². The summed E-state index contributed by atoms with van der Waals surface area (Å²) in [5.74, 6) is -0.371. The van der Waals surface area contributed by atoms with E-state index in [1.807, 2.05) is 12.1 Å². The van der Waals surface area contributed by atoms with Crippen molar-refractivity contribution in [3.63, 3.8) is 0 Å². The third-order valence-electron chi connectivity index (χ3n) is 9.72. The van der Waals surface area contributed by atoms with Crippen LogP contribution in [0.25, 0.3) is 16.5 Å². The Balaban J connectivity index is 1.33. The molecule has 0 unspecified atom stereocenters. The quantitative estimate of drug-likeness (QED) is 0.146. The molecule has 2 aliphatic rings. The molecule has 5 aromatic rings. The van der Waals surface area contributed by atoms with E-state index in [9.17, 15) is 9.59 Å². The van der Waals surface area contributed by atoms with E-state index >= 15 is 0 Å². The molecule has 0 bridgehead atoms. The maximum absolute atomic E-state index is 13.1. The summed E-state index contributed by atoms with van der Waals surface area (Å²) in [7, 11) is 0. The minimum Gasteiger partial charge on any atom is -0.310 e. The van der Waals surface area contributed by atoms with Crippen LogP contribution in [0.3, 0.4) is 0 Å². The molecule has 0 N–H and O–H groups in total. The summed E-state index contributed by atoms with van der Waals surface area (Å²) in [5, 5.41) is 0. The molecular weight excluding hydrogens is 595 g/mol. The summed E-state index contributed by atoms with van der Waals surface area (Å²) in [4.78, 5) is 30.7. The lowest BCUT2D eigenvalue weighted by molar-refractivity contribution is 0.0990. The Morgan fingerprint density at radius 1 is 0.596 bits per heavy atom. The Labute approximate surface area is 282 Å². The van der Waals surface area contributed by atoms with Gasteiger partial charge in [-0.1, -0.05) is 110 Å². The highest BCUT2D eigenvalue weighted by molar-refractivity contribution is 7.16. The van der Waals surface area contributed by atoms with E-state index in [1.165, 1.54) is 32.7 Å². The third-order valence-corrected chi connectivity index (χ3v) is 10.8. The summed E-state index contributed by atoms with van der Waals surface area (Å²) in [6.45, 7) is 18.2. The lowest BCUT2D eigenvalue weighted by Gasteiger charge is -2.32. The predicted molar refractivity (Wildman–Crippen MR) is 197 cm³/mol. The second kappa shape index (κ2) is 10.7. The number of ketones is 2. The number of para-hydroxylation sites is 1. The lowest BCUT2D eigenvalue weighted by Crippen LogP contribution is -2.19. The number of carbonyl (C=O) groups is 2. The van der Waals surface area contributed by atoms with Crippen LogP contribution in [0.4, 0.5) is 17.1 Å². The number of anilines is 3. The molecule has 1 aromatic heterocycles. The number of rotatable bonds is 4. The number of hydrogen-bond donors (Lipinski definition) is 0. The Hall–Kier alpha value is -4.54. The first-order valence-electron chi connectivity index (χ1n) is 16.4. The van der Waals surface area contributed by atoms with Crippen LogP contribution in [0, 0.1) is 0 Å². The van der Waals surface area contributed by atoms with Gasteiger partial charge in [-0.25, -0.2) is 0 Å². The monoisotopic (exact) mass is 635 g/mol. The van der Waals surface area contributed by atoms with Crippen molar-refractivity contribution in [2.75, 3.05) is 4.90 Å². The van der Waals surface area contributed by atoms with E-state index in [0.29, 0.717) is 11.1 Å². The molecule has 0 saturated heterocycles. The summed E-state index contributed by atoms with van der Waals surface area (Å²) in [5.41, 5.74) is 10.7. The van der Waals surface area contributed by atoms with Crippen LogP contribution in [-0.4, -0.2) is 11.6 Å². The molecule has 2 aliphatic carbocycles. The fourth-order valence-corrected chi connectivity index (χ4v) is 8.15. The molecule has 3 nitrogen and oxygen atoms in total. The molecule has 0 spiro atoms. The average molecular weight is 636 g/mol. The highest BCUT2D eigenvalue weighted by Gasteiger charge is 2.39. The molecule has 0 aliphatic heterocycles. The first-order chi connectivity index (χ1) is 22.1. The molecule has 0 fully saturated rings. The Morgan fingerprint density at radius 2 is 1.17 bits per heavy atom. The fourth-order valence-electron chi connectivity index (χ4n) is 6.85. The Morgan fingerprint density at radius 3 is 1.74 bits per heavy atom. The molecule has 4 aromatic carbocycles. The van der Waals surface area contributed by atoms with Crippen molar-refractivity contribution in [3.05, 3.63) is 141 Å². The van der Waals surface area contributed by atoms with Gasteiger partial charge in [0.25, 0.3) is 0 Å². The van der Waals surface area contributed by atoms with Crippen molar-refractivity contribution in [3.8, 4) is 10.4 Å². The summed E-state index contributed by atoms with van der Waals surface area (Å²) >= 11 is 1.66. The van der Waals surface area contributed by atoms with E-state index in [1.54, 1.807) is 29.5 Å². The molecule has 7 rings (SSSR count). The van der Waals surface area contributed by atoms with Gasteiger partial charge in [0.15, 0.2) is 11.6 Å². The minimum absolute atomic E-state index is 0.00387. The Kier molecular flexibility index (Phi) is 7.11. The van der Waals surface area contributed by atoms with Crippen molar-refractivity contribution in [1.29, 1.82) is 0 Å². The first-order valence-corrected chi connectivity index (χ1v) is 17.2. The number of carbonyl (C=O) groups excluding carboxylic acids is 2. The zero-order chi connectivity index (χ0) is 33.5. The molecule has 0 amide bonds. The van der Waals surface area contributed by atoms with Crippen LogP contribution >= 0.6 is 11.3 Å². The molecule has 4 heteroatoms. The first kappa shape index (κ1) is 31.1. The van der Waals surface area contributed by atoms with Gasteiger partial charge in [-0.15, -0.1) is 11.3 Å². The summed E-state index contributed by atoms with van der Waals surface area (Å²) < 4.78 is 0. The van der Waals surface area contributed by atoms with E-state index in [-0.39, 0.29) is 33.4 Å². The SMILES string of the molecule is CC(C)(C)c1cc(N(c2ccccc2)c2ccc3c(c2)C(C)(C)c2cc(C=C4C(=O)c5ccccc5C4=O)sc2-3)cc(C(C)(C)C)c1. The van der Waals surface area contributed by atoms with Crippen molar-refractivity contribution in [2.24, 2.45) is 0 Å². The normalized spacial score (nSPS) is 15.0. The van der Waals surface area contributed by atoms with Crippen LogP contribution in [-0.2, 0) is 16.2 Å². The van der Waals surface area contributed by atoms with Crippen molar-refractivity contribution in [1.82, 2.24) is 0 Å². The summed E-state index contributed by atoms with van der Waals surface area (Å²) in [6, 6.07) is 33.8. The second-order valence-corrected chi connectivity index (χ2v) is 16.5. The van der Waals surface area contributed by atoms with Crippen molar-refractivity contribution < 1.29 is 9.59 Å². The zero-order valence-corrected chi connectivity index (χ0v) is 29.3. The van der Waals surface area contributed by atoms with Crippen molar-refractivity contribution >= 4 is 46.0 Å². The van der Waals surface area contributed by atoms with Gasteiger partial charge in [0, 0.05) is 43.4 Å². The number of fused-ring (bicyclic) bond motifs is 4. The number of Topliss-reactive ketones (excluding diaryl/α,β-unsaturated/α-hetero) is 2. The summed E-state index contributed by atoms with van der Waals surface area (Å²) in [6.07, 6.45) is 1.80. The minimum atomic E-state index is -0.257. The largest absolute Gasteiger partial charge is 0.310 e. The van der Waals surface area contributed by atoms with Crippen LogP contribution < -0.4 is 4.90 Å². The van der Waals surface area contributed by atoms with Crippen molar-refractivity contribution in [2.45, 2.75) is 71.6 Å². The highest BCUT2D eigenvalue weighted by atomic mass is 32.1. The molecule has 236 valence electrons. The zero-order valence-electron chi connectivity index (χ0n) is 28.5. The lowest BCUT2D eigenvalue weighted by atomic mass is 9.80. The van der Waals surface area contributed by atoms with E-state index in [2.05, 4.69) is 133 Å². The van der Waals surface area contributed by atoms with Gasteiger partial charge in [-0.2, -0.15) is 0 Å². The van der Waals surface area contributed by atoms with Crippen LogP contribution in [0.2, 0.25) is 0 Å². The molecule has 0 radical (unpaired) electrons. The molecule has 0 atom stereocenters. The predicted octanol–water partition coefficient (Wildman–Crippen LogP) is 11.6. The van der Waals surface area contributed by atoms with Gasteiger partial charge in [-0.05, 0) is 87.2 Å². The van der Waals surface area contributed by atoms with E-state index in [4.69, 9.17) is 0 Å². The average Bonchev–Trinajstić information content (AvgIpc) is 3.62. The molecule has 0 saturated carbocycles. The van der Waals surface area contributed by atoms with Gasteiger partial charge < -0.3 is 4.90 Å². The van der Waals surface area contributed by atoms with Gasteiger partial charge in [-0.3, -0.25) is 9.59 Å². The number of nitrogens with zero attached hydrogens (tertiary/aromatic N) is 1. The number of allylic oxidation sites excluding steroid dienone is 1.